The smallest absolute Gasteiger partial charge is 0.417 e. The van der Waals surface area contributed by atoms with Crippen molar-refractivity contribution < 1.29 is 23.0 Å². The molecule has 45 heavy (non-hydrogen) atoms. The number of anilines is 1. The molecule has 0 atom stereocenters. The van der Waals surface area contributed by atoms with Crippen LogP contribution in [0.4, 0.5) is 19.3 Å². The Bertz CT molecular complexity index is 2160. The van der Waals surface area contributed by atoms with Gasteiger partial charge in [-0.1, -0.05) is 0 Å². The highest BCUT2D eigenvalue weighted by Gasteiger charge is 2.19. The number of carbonyl (C=O) groups is 1. The number of benzene rings is 2. The van der Waals surface area contributed by atoms with E-state index in [9.17, 15) is 18.8 Å². The van der Waals surface area contributed by atoms with Gasteiger partial charge in [0.25, 0.3) is 0 Å². The van der Waals surface area contributed by atoms with Crippen molar-refractivity contribution in [1.29, 1.82) is 0 Å². The van der Waals surface area contributed by atoms with Gasteiger partial charge < -0.3 is 9.47 Å². The summed E-state index contributed by atoms with van der Waals surface area (Å²) in [4.78, 5) is 47.3. The highest BCUT2D eigenvalue weighted by atomic mass is 19.1. The van der Waals surface area contributed by atoms with Crippen LogP contribution in [0.2, 0.25) is 0 Å². The fourth-order valence-electron chi connectivity index (χ4n) is 4.50. The van der Waals surface area contributed by atoms with Crippen LogP contribution in [0.3, 0.4) is 0 Å². The molecule has 12 nitrogen and oxygen atoms in total. The molecule has 1 amide bonds. The molecule has 2 aromatic carbocycles. The number of rotatable bonds is 7. The lowest BCUT2D eigenvalue weighted by Gasteiger charge is -2.16. The second-order valence-electron chi connectivity index (χ2n) is 10.0. The van der Waals surface area contributed by atoms with Crippen molar-refractivity contribution in [3.05, 3.63) is 124 Å². The van der Waals surface area contributed by atoms with E-state index in [2.05, 4.69) is 20.4 Å². The third kappa shape index (κ3) is 5.88. The number of aromatic nitrogens is 6. The Kier molecular flexibility index (Phi) is 7.61. The number of halogens is 2. The Hall–Kier alpha value is -6.18. The fourth-order valence-corrected chi connectivity index (χ4v) is 4.50. The quantitative estimate of drug-likeness (QED) is 0.255. The average Bonchev–Trinajstić information content (AvgIpc) is 3.50. The molecule has 0 saturated heterocycles. The van der Waals surface area contributed by atoms with Gasteiger partial charge in [-0.3, -0.25) is 24.6 Å². The normalized spacial score (nSPS) is 11.1. The molecular formula is C31H23F2N7O5. The van der Waals surface area contributed by atoms with Crippen LogP contribution in [0.1, 0.15) is 19.9 Å². The molecule has 226 valence electrons. The zero-order chi connectivity index (χ0) is 31.7. The van der Waals surface area contributed by atoms with Crippen molar-refractivity contribution in [2.24, 2.45) is 0 Å². The van der Waals surface area contributed by atoms with E-state index < -0.39 is 40.8 Å². The van der Waals surface area contributed by atoms with Crippen LogP contribution in [0, 0.1) is 11.6 Å². The Morgan fingerprint density at radius 2 is 1.71 bits per heavy atom. The Labute approximate surface area is 252 Å². The van der Waals surface area contributed by atoms with Crippen LogP contribution in [0.5, 0.6) is 17.2 Å². The number of ether oxygens (including phenoxy) is 2. The van der Waals surface area contributed by atoms with E-state index >= 15 is 4.39 Å². The van der Waals surface area contributed by atoms with Crippen LogP contribution < -0.4 is 26.0 Å². The number of fused-ring (bicyclic) bond motifs is 1. The van der Waals surface area contributed by atoms with Crippen molar-refractivity contribution in [1.82, 2.24) is 28.7 Å². The lowest BCUT2D eigenvalue weighted by molar-refractivity contribution is 0.213. The summed E-state index contributed by atoms with van der Waals surface area (Å²) in [5.41, 5.74) is 0.209. The minimum atomic E-state index is -1.11. The molecule has 0 aliphatic rings. The topological polar surface area (TPSA) is 135 Å². The Balaban J connectivity index is 1.24. The van der Waals surface area contributed by atoms with Crippen molar-refractivity contribution >= 4 is 17.3 Å². The number of hydrogen-bond donors (Lipinski definition) is 1. The third-order valence-corrected chi connectivity index (χ3v) is 6.65. The van der Waals surface area contributed by atoms with Gasteiger partial charge in [-0.05, 0) is 62.4 Å². The first-order valence-corrected chi connectivity index (χ1v) is 13.5. The Morgan fingerprint density at radius 1 is 0.911 bits per heavy atom. The van der Waals surface area contributed by atoms with Gasteiger partial charge in [0, 0.05) is 41.9 Å². The van der Waals surface area contributed by atoms with Crippen molar-refractivity contribution in [2.75, 3.05) is 5.32 Å². The van der Waals surface area contributed by atoms with E-state index in [-0.39, 0.29) is 17.1 Å². The minimum absolute atomic E-state index is 0.00343. The molecule has 0 saturated carbocycles. The zero-order valence-corrected chi connectivity index (χ0v) is 23.7. The van der Waals surface area contributed by atoms with Gasteiger partial charge in [0.05, 0.1) is 30.0 Å². The molecule has 0 aliphatic carbocycles. The van der Waals surface area contributed by atoms with Gasteiger partial charge in [-0.25, -0.2) is 27.5 Å². The van der Waals surface area contributed by atoms with Crippen molar-refractivity contribution in [3.63, 3.8) is 0 Å². The van der Waals surface area contributed by atoms with Crippen LogP contribution in [-0.4, -0.2) is 34.8 Å². The van der Waals surface area contributed by atoms with Crippen molar-refractivity contribution in [2.45, 2.75) is 19.9 Å². The van der Waals surface area contributed by atoms with Gasteiger partial charge >= 0.3 is 17.3 Å². The summed E-state index contributed by atoms with van der Waals surface area (Å²) in [6.45, 7) is 3.39. The van der Waals surface area contributed by atoms with E-state index in [1.54, 1.807) is 61.5 Å². The second-order valence-corrected chi connectivity index (χ2v) is 10.0. The summed E-state index contributed by atoms with van der Waals surface area (Å²) in [6.07, 6.45) is 7.96. The number of nitrogens with zero attached hydrogens (tertiary/aromatic N) is 6. The van der Waals surface area contributed by atoms with E-state index in [0.29, 0.717) is 22.5 Å². The molecule has 0 radical (unpaired) electrons. The van der Waals surface area contributed by atoms with Crippen LogP contribution in [-0.2, 0) is 0 Å². The average molecular weight is 612 g/mol. The van der Waals surface area contributed by atoms with Gasteiger partial charge in [0.1, 0.15) is 11.3 Å². The number of carbonyl (C=O) groups excluding carboxylic acids is 1. The molecule has 0 fully saturated rings. The monoisotopic (exact) mass is 611 g/mol. The molecule has 6 rings (SSSR count). The molecule has 0 unspecified atom stereocenters. The third-order valence-electron chi connectivity index (χ3n) is 6.65. The zero-order valence-electron chi connectivity index (χ0n) is 23.7. The van der Waals surface area contributed by atoms with Crippen LogP contribution >= 0.6 is 0 Å². The minimum Gasteiger partial charge on any atom is -0.452 e. The van der Waals surface area contributed by atoms with Crippen LogP contribution in [0.15, 0.2) is 101 Å². The first-order chi connectivity index (χ1) is 21.7. The molecule has 0 spiro atoms. The second kappa shape index (κ2) is 11.8. The molecule has 0 aliphatic heterocycles. The first kappa shape index (κ1) is 28.9. The molecule has 0 bridgehead atoms. The lowest BCUT2D eigenvalue weighted by atomic mass is 10.2. The summed E-state index contributed by atoms with van der Waals surface area (Å²) in [5.74, 6) is -1.68. The summed E-state index contributed by atoms with van der Waals surface area (Å²) in [6, 6.07) is 11.4. The molecule has 4 heterocycles. The molecule has 4 aromatic heterocycles. The fraction of sp³-hybridized carbons (Fsp3) is 0.0968. The predicted molar refractivity (Wildman–Crippen MR) is 159 cm³/mol. The SMILES string of the molecule is CC(C)n1cc(OC(=O)Nc2ccc(Oc3cc(-c4cnccn4)cn4nccc34)c(F)c2)c(=O)n(-c2ccc(F)cc2)c1=O. The number of hydrogen-bond acceptors (Lipinski definition) is 8. The molecule has 14 heteroatoms. The van der Waals surface area contributed by atoms with E-state index in [1.165, 1.54) is 28.8 Å². The van der Waals surface area contributed by atoms with Gasteiger partial charge in [0.15, 0.2) is 17.3 Å². The largest absolute Gasteiger partial charge is 0.452 e. The molecular weight excluding hydrogens is 588 g/mol. The van der Waals surface area contributed by atoms with E-state index in [1.807, 2.05) is 0 Å². The number of nitrogens with one attached hydrogen (secondary N) is 1. The highest BCUT2D eigenvalue weighted by Crippen LogP contribution is 2.32. The first-order valence-electron chi connectivity index (χ1n) is 13.5. The summed E-state index contributed by atoms with van der Waals surface area (Å²) in [7, 11) is 0. The van der Waals surface area contributed by atoms with E-state index in [4.69, 9.17) is 9.47 Å². The standard InChI is InChI=1S/C31H23F2N7O5/c1-18(2)38-17-28(29(41)40(31(38)43)22-6-3-20(32)4-7-22)45-30(42)37-21-5-8-26(23(33)14-21)44-27-13-19(24-15-34-11-12-35-24)16-39-25(27)9-10-36-39/h3-18H,1-2H3,(H,37,42). The van der Waals surface area contributed by atoms with Crippen molar-refractivity contribution in [3.8, 4) is 34.2 Å². The van der Waals surface area contributed by atoms with Crippen LogP contribution in [0.25, 0.3) is 22.5 Å². The summed E-state index contributed by atoms with van der Waals surface area (Å²) >= 11 is 0. The van der Waals surface area contributed by atoms with E-state index in [0.717, 1.165) is 29.0 Å². The maximum Gasteiger partial charge on any atom is 0.417 e. The summed E-state index contributed by atoms with van der Waals surface area (Å²) < 4.78 is 43.3. The molecule has 1 N–H and O–H groups in total. The lowest BCUT2D eigenvalue weighted by Crippen LogP contribution is -2.40. The van der Waals surface area contributed by atoms with Gasteiger partial charge in [-0.15, -0.1) is 0 Å². The summed E-state index contributed by atoms with van der Waals surface area (Å²) in [5, 5.41) is 6.60. The van der Waals surface area contributed by atoms with Gasteiger partial charge in [0.2, 0.25) is 5.75 Å². The predicted octanol–water partition coefficient (Wildman–Crippen LogP) is 5.37. The Morgan fingerprint density at radius 3 is 2.42 bits per heavy atom. The highest BCUT2D eigenvalue weighted by molar-refractivity contribution is 5.86. The maximum atomic E-state index is 15.2. The molecule has 6 aromatic rings. The maximum absolute atomic E-state index is 15.2. The number of pyridine rings is 1. The van der Waals surface area contributed by atoms with Gasteiger partial charge in [-0.2, -0.15) is 5.10 Å². The number of amides is 1.